The Morgan fingerprint density at radius 3 is 2.68 bits per heavy atom. The summed E-state index contributed by atoms with van der Waals surface area (Å²) < 4.78 is 1.29. The maximum atomic E-state index is 11.0. The number of nitrogen functional groups attached to an aromatic ring is 1. The van der Waals surface area contributed by atoms with E-state index in [-0.39, 0.29) is 17.5 Å². The molecule has 0 saturated carbocycles. The van der Waals surface area contributed by atoms with Crippen molar-refractivity contribution in [1.82, 2.24) is 19.7 Å². The molecule has 2 aromatic heterocycles. The van der Waals surface area contributed by atoms with Crippen molar-refractivity contribution in [3.05, 3.63) is 32.7 Å². The second kappa shape index (κ2) is 4.78. The summed E-state index contributed by atoms with van der Waals surface area (Å²) in [5.74, 6) is 5.24. The molecule has 0 unspecified atom stereocenters. The van der Waals surface area contributed by atoms with Crippen LogP contribution >= 0.6 is 11.6 Å². The van der Waals surface area contributed by atoms with E-state index in [1.807, 2.05) is 0 Å². The van der Waals surface area contributed by atoms with E-state index in [2.05, 4.69) is 20.5 Å². The third-order valence-corrected chi connectivity index (χ3v) is 3.03. The Bertz CT molecular complexity index is 654. The van der Waals surface area contributed by atoms with E-state index in [0.717, 1.165) is 6.20 Å². The smallest absolute Gasteiger partial charge is 0.292 e. The van der Waals surface area contributed by atoms with Crippen molar-refractivity contribution in [1.29, 1.82) is 0 Å². The first-order valence-electron chi connectivity index (χ1n) is 5.15. The molecule has 100 valence electrons. The van der Waals surface area contributed by atoms with Crippen molar-refractivity contribution in [3.8, 4) is 5.82 Å². The minimum absolute atomic E-state index is 0.000417. The van der Waals surface area contributed by atoms with Gasteiger partial charge in [-0.1, -0.05) is 11.6 Å². The second-order valence-electron chi connectivity index (χ2n) is 3.70. The molecular weight excluding hydrogens is 274 g/mol. The number of hydrogen-bond acceptors (Lipinski definition) is 7. The van der Waals surface area contributed by atoms with Gasteiger partial charge in [-0.2, -0.15) is 10.1 Å². The number of hydrazine groups is 1. The van der Waals surface area contributed by atoms with E-state index in [0.29, 0.717) is 16.4 Å². The summed E-state index contributed by atoms with van der Waals surface area (Å²) in [5, 5.41) is 15.5. The fourth-order valence-corrected chi connectivity index (χ4v) is 1.67. The van der Waals surface area contributed by atoms with Crippen molar-refractivity contribution in [3.63, 3.8) is 0 Å². The van der Waals surface area contributed by atoms with Gasteiger partial charge in [-0.25, -0.2) is 15.5 Å². The summed E-state index contributed by atoms with van der Waals surface area (Å²) in [5.41, 5.74) is 3.03. The minimum Gasteiger partial charge on any atom is -0.292 e. The molecule has 0 atom stereocenters. The summed E-state index contributed by atoms with van der Waals surface area (Å²) in [6.45, 7) is 3.38. The van der Waals surface area contributed by atoms with Crippen molar-refractivity contribution < 1.29 is 4.92 Å². The van der Waals surface area contributed by atoms with Crippen LogP contribution in [0.15, 0.2) is 6.20 Å². The average Bonchev–Trinajstić information content (AvgIpc) is 2.65. The van der Waals surface area contributed by atoms with Crippen LogP contribution in [-0.2, 0) is 0 Å². The molecule has 0 radical (unpaired) electrons. The highest BCUT2D eigenvalue weighted by Crippen LogP contribution is 2.26. The third-order valence-electron chi connectivity index (χ3n) is 2.48. The van der Waals surface area contributed by atoms with Crippen molar-refractivity contribution in [2.45, 2.75) is 13.8 Å². The zero-order valence-electron chi connectivity index (χ0n) is 10.1. The lowest BCUT2D eigenvalue weighted by molar-refractivity contribution is -0.385. The van der Waals surface area contributed by atoms with Gasteiger partial charge >= 0.3 is 5.69 Å². The first kappa shape index (κ1) is 13.2. The third kappa shape index (κ3) is 2.20. The molecule has 9 nitrogen and oxygen atoms in total. The number of aromatic nitrogens is 4. The maximum absolute atomic E-state index is 11.0. The first-order chi connectivity index (χ1) is 8.95. The van der Waals surface area contributed by atoms with Gasteiger partial charge in [0, 0.05) is 0 Å². The van der Waals surface area contributed by atoms with Gasteiger partial charge in [0.05, 0.1) is 21.3 Å². The fraction of sp³-hybridized carbons (Fsp3) is 0.222. The van der Waals surface area contributed by atoms with E-state index in [9.17, 15) is 10.1 Å². The van der Waals surface area contributed by atoms with Crippen LogP contribution in [0.4, 0.5) is 11.6 Å². The Morgan fingerprint density at radius 1 is 1.53 bits per heavy atom. The molecule has 0 fully saturated rings. The molecule has 10 heteroatoms. The molecule has 0 amide bonds. The van der Waals surface area contributed by atoms with Crippen LogP contribution in [0.5, 0.6) is 0 Å². The fourth-order valence-electron chi connectivity index (χ4n) is 1.55. The predicted octanol–water partition coefficient (Wildman–Crippen LogP) is 1.13. The normalized spacial score (nSPS) is 10.5. The number of nitrogens with one attached hydrogen (secondary N) is 1. The molecule has 0 aliphatic carbocycles. The number of nitrogens with zero attached hydrogens (tertiary/aromatic N) is 5. The number of nitro groups is 1. The van der Waals surface area contributed by atoms with Gasteiger partial charge in [0.2, 0.25) is 11.8 Å². The number of nitrogens with two attached hydrogens (primary N) is 1. The summed E-state index contributed by atoms with van der Waals surface area (Å²) in [7, 11) is 0. The Balaban J connectivity index is 2.71. The number of anilines is 1. The van der Waals surface area contributed by atoms with E-state index >= 15 is 0 Å². The van der Waals surface area contributed by atoms with Crippen molar-refractivity contribution in [2.24, 2.45) is 5.84 Å². The van der Waals surface area contributed by atoms with Gasteiger partial charge in [-0.3, -0.25) is 15.5 Å². The molecule has 0 bridgehead atoms. The minimum atomic E-state index is -0.597. The molecule has 2 aromatic rings. The molecule has 3 N–H and O–H groups in total. The standard InChI is InChI=1S/C9H10ClN7O2/c1-4-7(10)5(2)16(15-4)8-6(17(18)19)3-12-9(13-8)14-11/h3H,11H2,1-2H3,(H,12,13,14). The number of aryl methyl sites for hydroxylation is 1. The lowest BCUT2D eigenvalue weighted by Gasteiger charge is -2.05. The van der Waals surface area contributed by atoms with Crippen LogP contribution in [0, 0.1) is 24.0 Å². The summed E-state index contributed by atoms with van der Waals surface area (Å²) >= 11 is 6.02. The predicted molar refractivity (Wildman–Crippen MR) is 68.1 cm³/mol. The average molecular weight is 284 g/mol. The monoisotopic (exact) mass is 283 g/mol. The molecule has 0 aliphatic heterocycles. The van der Waals surface area contributed by atoms with Crippen LogP contribution < -0.4 is 11.3 Å². The molecule has 0 aliphatic rings. The molecule has 0 saturated heterocycles. The Labute approximate surface area is 112 Å². The topological polar surface area (TPSA) is 125 Å². The van der Waals surface area contributed by atoms with Gasteiger partial charge < -0.3 is 0 Å². The summed E-state index contributed by atoms with van der Waals surface area (Å²) in [6.07, 6.45) is 1.06. The summed E-state index contributed by atoms with van der Waals surface area (Å²) in [6, 6.07) is 0. The van der Waals surface area contributed by atoms with Gasteiger partial charge in [0.15, 0.2) is 0 Å². The Morgan fingerprint density at radius 2 is 2.21 bits per heavy atom. The van der Waals surface area contributed by atoms with E-state index < -0.39 is 4.92 Å². The zero-order chi connectivity index (χ0) is 14.2. The lowest BCUT2D eigenvalue weighted by Crippen LogP contribution is -2.14. The Kier molecular flexibility index (Phi) is 3.32. The molecular formula is C9H10ClN7O2. The van der Waals surface area contributed by atoms with Crippen LogP contribution in [-0.4, -0.2) is 24.7 Å². The van der Waals surface area contributed by atoms with E-state index in [1.54, 1.807) is 13.8 Å². The van der Waals surface area contributed by atoms with Crippen molar-refractivity contribution in [2.75, 3.05) is 5.43 Å². The highest BCUT2D eigenvalue weighted by molar-refractivity contribution is 6.31. The number of rotatable bonds is 3. The molecule has 0 aromatic carbocycles. The summed E-state index contributed by atoms with van der Waals surface area (Å²) in [4.78, 5) is 18.1. The van der Waals surface area contributed by atoms with Crippen LogP contribution in [0.1, 0.15) is 11.4 Å². The number of hydrogen-bond donors (Lipinski definition) is 2. The lowest BCUT2D eigenvalue weighted by atomic mass is 10.4. The van der Waals surface area contributed by atoms with E-state index in [1.165, 1.54) is 4.68 Å². The zero-order valence-corrected chi connectivity index (χ0v) is 10.8. The molecule has 2 heterocycles. The molecule has 19 heavy (non-hydrogen) atoms. The highest BCUT2D eigenvalue weighted by atomic mass is 35.5. The second-order valence-corrected chi connectivity index (χ2v) is 4.08. The van der Waals surface area contributed by atoms with Gasteiger partial charge in [0.1, 0.15) is 6.20 Å². The largest absolute Gasteiger partial charge is 0.332 e. The SMILES string of the molecule is Cc1nn(-c2nc(NN)ncc2[N+](=O)[O-])c(C)c1Cl. The van der Waals surface area contributed by atoms with Gasteiger partial charge in [0.25, 0.3) is 0 Å². The van der Waals surface area contributed by atoms with Crippen LogP contribution in [0.3, 0.4) is 0 Å². The molecule has 0 spiro atoms. The van der Waals surface area contributed by atoms with Crippen LogP contribution in [0.2, 0.25) is 5.02 Å². The van der Waals surface area contributed by atoms with E-state index in [4.69, 9.17) is 17.4 Å². The number of halogens is 1. The quantitative estimate of drug-likeness (QED) is 0.491. The van der Waals surface area contributed by atoms with Crippen LogP contribution in [0.25, 0.3) is 5.82 Å². The molecule has 2 rings (SSSR count). The first-order valence-corrected chi connectivity index (χ1v) is 5.53. The highest BCUT2D eigenvalue weighted by Gasteiger charge is 2.22. The van der Waals surface area contributed by atoms with Crippen molar-refractivity contribution >= 4 is 23.2 Å². The Hall–Kier alpha value is -2.26. The van der Waals surface area contributed by atoms with Gasteiger partial charge in [-0.15, -0.1) is 0 Å². The van der Waals surface area contributed by atoms with Gasteiger partial charge in [-0.05, 0) is 13.8 Å². The maximum Gasteiger partial charge on any atom is 0.332 e.